The third kappa shape index (κ3) is 6.48. The lowest BCUT2D eigenvalue weighted by Gasteiger charge is -2.19. The van der Waals surface area contributed by atoms with E-state index in [1.54, 1.807) is 17.3 Å². The number of halogens is 2. The van der Waals surface area contributed by atoms with Gasteiger partial charge in [0.15, 0.2) is 0 Å². The summed E-state index contributed by atoms with van der Waals surface area (Å²) in [4.78, 5) is 18.3. The number of pyridine rings is 1. The average Bonchev–Trinajstić information content (AvgIpc) is 2.59. The summed E-state index contributed by atoms with van der Waals surface area (Å²) in [5, 5.41) is 3.05. The van der Waals surface area contributed by atoms with Crippen LogP contribution in [0.5, 0.6) is 5.75 Å². The molecule has 0 spiro atoms. The van der Waals surface area contributed by atoms with Crippen molar-refractivity contribution in [2.75, 3.05) is 27.2 Å². The third-order valence-corrected chi connectivity index (χ3v) is 3.86. The normalized spacial score (nSPS) is 9.69. The van der Waals surface area contributed by atoms with Crippen LogP contribution < -0.4 is 10.1 Å². The highest BCUT2D eigenvalue weighted by Gasteiger charge is 2.15. The molecular weight excluding hydrogens is 373 g/mol. The Bertz CT molecular complexity index is 673. The molecule has 26 heavy (non-hydrogen) atoms. The van der Waals surface area contributed by atoms with Crippen LogP contribution in [0.25, 0.3) is 0 Å². The molecule has 1 amide bonds. The number of rotatable bonds is 7. The van der Waals surface area contributed by atoms with Gasteiger partial charge in [0.25, 0.3) is 5.91 Å². The Morgan fingerprint density at radius 2 is 1.88 bits per heavy atom. The number of hydrogen-bond acceptors (Lipinski definition) is 4. The number of carbonyl (C=O) groups is 1. The molecule has 0 atom stereocenters. The van der Waals surface area contributed by atoms with Gasteiger partial charge >= 0.3 is 0 Å². The molecule has 0 aliphatic rings. The number of nitrogens with one attached hydrogen (secondary N) is 1. The van der Waals surface area contributed by atoms with Crippen LogP contribution >= 0.6 is 24.8 Å². The third-order valence-electron chi connectivity index (χ3n) is 3.86. The van der Waals surface area contributed by atoms with Gasteiger partial charge in [-0.1, -0.05) is 6.07 Å². The highest BCUT2D eigenvalue weighted by Crippen LogP contribution is 2.26. The largest absolute Gasteiger partial charge is 0.488 e. The highest BCUT2D eigenvalue weighted by molar-refractivity contribution is 5.94. The number of amides is 1. The van der Waals surface area contributed by atoms with Crippen molar-refractivity contribution < 1.29 is 9.53 Å². The zero-order valence-electron chi connectivity index (χ0n) is 15.6. The number of carbonyl (C=O) groups excluding carboxylic acids is 1. The number of nitrogens with zero attached hydrogens (tertiary/aromatic N) is 2. The van der Waals surface area contributed by atoms with Gasteiger partial charge in [0, 0.05) is 43.7 Å². The van der Waals surface area contributed by atoms with Gasteiger partial charge in [-0.05, 0) is 50.2 Å². The standard InChI is InChI=1S/C19H25N3O2.2ClH/c1-14-10-17(19(23)22(4)9-8-20-3)11-15(2)18(14)24-13-16-6-5-7-21-12-16;;/h5-7,10-12,20H,8-9,13H2,1-4H3;2*1H. The summed E-state index contributed by atoms with van der Waals surface area (Å²) in [5.41, 5.74) is 3.63. The molecule has 2 aromatic rings. The summed E-state index contributed by atoms with van der Waals surface area (Å²) in [5.74, 6) is 0.851. The van der Waals surface area contributed by atoms with Crippen molar-refractivity contribution in [1.82, 2.24) is 15.2 Å². The molecule has 1 heterocycles. The van der Waals surface area contributed by atoms with Crippen LogP contribution in [0.4, 0.5) is 0 Å². The Labute approximate surface area is 168 Å². The van der Waals surface area contributed by atoms with E-state index in [9.17, 15) is 4.79 Å². The Kier molecular flexibility index (Phi) is 10.9. The number of benzene rings is 1. The fourth-order valence-electron chi connectivity index (χ4n) is 2.54. The Balaban J connectivity index is 0.00000312. The first-order chi connectivity index (χ1) is 11.5. The van der Waals surface area contributed by atoms with Crippen LogP contribution in [-0.2, 0) is 6.61 Å². The van der Waals surface area contributed by atoms with E-state index in [1.165, 1.54) is 0 Å². The van der Waals surface area contributed by atoms with Crippen LogP contribution in [0.15, 0.2) is 36.7 Å². The molecule has 7 heteroatoms. The van der Waals surface area contributed by atoms with E-state index in [4.69, 9.17) is 4.74 Å². The fourth-order valence-corrected chi connectivity index (χ4v) is 2.54. The van der Waals surface area contributed by atoms with E-state index in [-0.39, 0.29) is 30.7 Å². The zero-order valence-corrected chi connectivity index (χ0v) is 17.2. The second-order valence-corrected chi connectivity index (χ2v) is 5.92. The summed E-state index contributed by atoms with van der Waals surface area (Å²) in [7, 11) is 3.69. The predicted molar refractivity (Wildman–Crippen MR) is 110 cm³/mol. The Morgan fingerprint density at radius 1 is 1.23 bits per heavy atom. The SMILES string of the molecule is CNCCN(C)C(=O)c1cc(C)c(OCc2cccnc2)c(C)c1.Cl.Cl. The molecule has 1 aromatic carbocycles. The van der Waals surface area contributed by atoms with E-state index in [0.29, 0.717) is 18.7 Å². The van der Waals surface area contributed by atoms with Gasteiger partial charge in [-0.15, -0.1) is 24.8 Å². The van der Waals surface area contributed by atoms with Crippen molar-refractivity contribution >= 4 is 30.7 Å². The van der Waals surface area contributed by atoms with E-state index in [1.807, 2.05) is 52.2 Å². The molecule has 0 saturated heterocycles. The topological polar surface area (TPSA) is 54.5 Å². The maximum Gasteiger partial charge on any atom is 0.253 e. The summed E-state index contributed by atoms with van der Waals surface area (Å²) in [6.45, 7) is 5.84. The number of ether oxygens (including phenoxy) is 1. The Hall–Kier alpha value is -1.82. The lowest BCUT2D eigenvalue weighted by molar-refractivity contribution is 0.0796. The van der Waals surface area contributed by atoms with Gasteiger partial charge in [-0.3, -0.25) is 9.78 Å². The minimum Gasteiger partial charge on any atom is -0.488 e. The number of aromatic nitrogens is 1. The van der Waals surface area contributed by atoms with E-state index < -0.39 is 0 Å². The number of hydrogen-bond donors (Lipinski definition) is 1. The van der Waals surface area contributed by atoms with E-state index >= 15 is 0 Å². The smallest absolute Gasteiger partial charge is 0.253 e. The average molecular weight is 400 g/mol. The minimum atomic E-state index is 0. The van der Waals surface area contributed by atoms with Crippen molar-refractivity contribution in [2.24, 2.45) is 0 Å². The second kappa shape index (κ2) is 11.7. The summed E-state index contributed by atoms with van der Waals surface area (Å²) in [6.07, 6.45) is 3.53. The monoisotopic (exact) mass is 399 g/mol. The first-order valence-corrected chi connectivity index (χ1v) is 8.06. The maximum absolute atomic E-state index is 12.5. The van der Waals surface area contributed by atoms with Crippen molar-refractivity contribution in [3.05, 3.63) is 58.9 Å². The summed E-state index contributed by atoms with van der Waals surface area (Å²) >= 11 is 0. The maximum atomic E-state index is 12.5. The van der Waals surface area contributed by atoms with Crippen LogP contribution in [0.3, 0.4) is 0 Å². The Morgan fingerprint density at radius 3 is 2.42 bits per heavy atom. The predicted octanol–water partition coefficient (Wildman–Crippen LogP) is 3.41. The van der Waals surface area contributed by atoms with Crippen molar-refractivity contribution in [3.63, 3.8) is 0 Å². The van der Waals surface area contributed by atoms with Crippen molar-refractivity contribution in [3.8, 4) is 5.75 Å². The summed E-state index contributed by atoms with van der Waals surface area (Å²) in [6, 6.07) is 7.65. The molecule has 144 valence electrons. The van der Waals surface area contributed by atoms with Gasteiger partial charge in [0.05, 0.1) is 0 Å². The molecule has 5 nitrogen and oxygen atoms in total. The second-order valence-electron chi connectivity index (χ2n) is 5.92. The molecule has 1 N–H and O–H groups in total. The molecular formula is C19H27Cl2N3O2. The number of likely N-dealkylation sites (N-methyl/N-ethyl adjacent to an activating group) is 2. The first-order valence-electron chi connectivity index (χ1n) is 8.06. The van der Waals surface area contributed by atoms with Gasteiger partial charge in [-0.25, -0.2) is 0 Å². The lowest BCUT2D eigenvalue weighted by atomic mass is 10.0. The highest BCUT2D eigenvalue weighted by atomic mass is 35.5. The number of aryl methyl sites for hydroxylation is 2. The van der Waals surface area contributed by atoms with Gasteiger partial charge < -0.3 is 15.0 Å². The molecule has 0 bridgehead atoms. The first kappa shape index (κ1) is 24.2. The van der Waals surface area contributed by atoms with Crippen molar-refractivity contribution in [1.29, 1.82) is 0 Å². The lowest BCUT2D eigenvalue weighted by Crippen LogP contribution is -2.32. The molecule has 0 unspecified atom stereocenters. The van der Waals surface area contributed by atoms with Gasteiger partial charge in [-0.2, -0.15) is 0 Å². The molecule has 0 saturated carbocycles. The van der Waals surface area contributed by atoms with Crippen LogP contribution in [0.1, 0.15) is 27.0 Å². The zero-order chi connectivity index (χ0) is 17.5. The molecule has 0 aliphatic heterocycles. The van der Waals surface area contributed by atoms with Crippen molar-refractivity contribution in [2.45, 2.75) is 20.5 Å². The molecule has 0 aliphatic carbocycles. The van der Waals surface area contributed by atoms with Crippen LogP contribution in [-0.4, -0.2) is 43.0 Å². The molecule has 2 rings (SSSR count). The fraction of sp³-hybridized carbons (Fsp3) is 0.368. The van der Waals surface area contributed by atoms with E-state index in [0.717, 1.165) is 29.0 Å². The quantitative estimate of drug-likeness (QED) is 0.774. The van der Waals surface area contributed by atoms with Gasteiger partial charge in [0.2, 0.25) is 0 Å². The van der Waals surface area contributed by atoms with E-state index in [2.05, 4.69) is 10.3 Å². The van der Waals surface area contributed by atoms with Crippen LogP contribution in [0, 0.1) is 13.8 Å². The molecule has 1 aromatic heterocycles. The van der Waals surface area contributed by atoms with Crippen LogP contribution in [0.2, 0.25) is 0 Å². The molecule has 0 radical (unpaired) electrons. The minimum absolute atomic E-state index is 0. The van der Waals surface area contributed by atoms with Gasteiger partial charge in [0.1, 0.15) is 12.4 Å². The summed E-state index contributed by atoms with van der Waals surface area (Å²) < 4.78 is 5.94. The molecule has 0 fully saturated rings.